The fourth-order valence-electron chi connectivity index (χ4n) is 3.53. The molecule has 2 N–H and O–H groups in total. The van der Waals surface area contributed by atoms with Crippen molar-refractivity contribution in [2.24, 2.45) is 10.5 Å². The molecule has 0 saturated carbocycles. The molecule has 0 aliphatic rings. The van der Waals surface area contributed by atoms with Crippen molar-refractivity contribution in [3.8, 4) is 11.3 Å². The number of halogens is 1. The number of amides is 2. The lowest BCUT2D eigenvalue weighted by atomic mass is 9.95. The molecule has 6 nitrogen and oxygen atoms in total. The molecule has 1 heterocycles. The van der Waals surface area contributed by atoms with E-state index in [-0.39, 0.29) is 11.8 Å². The van der Waals surface area contributed by atoms with E-state index in [0.29, 0.717) is 38.6 Å². The number of aromatic nitrogens is 1. The second-order valence-electron chi connectivity index (χ2n) is 9.48. The number of carbonyl (C=O) groups is 2. The minimum Gasteiger partial charge on any atom is -0.326 e. The Morgan fingerprint density at radius 1 is 0.917 bits per heavy atom. The minimum atomic E-state index is -0.484. The molecule has 36 heavy (non-hydrogen) atoms. The Morgan fingerprint density at radius 2 is 1.61 bits per heavy atom. The third-order valence-electron chi connectivity index (χ3n) is 5.67. The van der Waals surface area contributed by atoms with Gasteiger partial charge < -0.3 is 5.32 Å². The number of fused-ring (bicyclic) bond motifs is 1. The summed E-state index contributed by atoms with van der Waals surface area (Å²) in [6, 6.07) is 24.1. The normalized spacial score (nSPS) is 11.9. The summed E-state index contributed by atoms with van der Waals surface area (Å²) in [6.07, 6.45) is 0. The fourth-order valence-corrected chi connectivity index (χ4v) is 3.75. The molecule has 0 spiro atoms. The van der Waals surface area contributed by atoms with Crippen LogP contribution in [-0.2, 0) is 4.79 Å². The summed E-state index contributed by atoms with van der Waals surface area (Å²) in [5.74, 6) is -0.428. The van der Waals surface area contributed by atoms with Crippen LogP contribution in [0.2, 0.25) is 5.02 Å². The minimum absolute atomic E-state index is 0.0625. The van der Waals surface area contributed by atoms with Crippen molar-refractivity contribution in [2.75, 3.05) is 5.32 Å². The third-order valence-corrected chi connectivity index (χ3v) is 5.98. The molecule has 3 aromatic carbocycles. The van der Waals surface area contributed by atoms with Crippen molar-refractivity contribution >= 4 is 45.7 Å². The quantitative estimate of drug-likeness (QED) is 0.237. The zero-order chi connectivity index (χ0) is 25.9. The van der Waals surface area contributed by atoms with E-state index in [1.807, 2.05) is 81.4 Å². The van der Waals surface area contributed by atoms with Gasteiger partial charge in [0.1, 0.15) is 0 Å². The number of pyridine rings is 1. The molecular weight excluding hydrogens is 472 g/mol. The summed E-state index contributed by atoms with van der Waals surface area (Å²) >= 11 is 6.42. The molecular formula is C29H27ClN4O2. The summed E-state index contributed by atoms with van der Waals surface area (Å²) < 4.78 is 0. The molecule has 0 fully saturated rings. The predicted octanol–water partition coefficient (Wildman–Crippen LogP) is 6.69. The van der Waals surface area contributed by atoms with Crippen LogP contribution in [-0.4, -0.2) is 22.5 Å². The number of benzene rings is 3. The van der Waals surface area contributed by atoms with Gasteiger partial charge in [0.15, 0.2) is 0 Å². The third kappa shape index (κ3) is 5.61. The number of hydrogen-bond donors (Lipinski definition) is 2. The molecule has 0 radical (unpaired) electrons. The number of hydrazone groups is 1. The van der Waals surface area contributed by atoms with Crippen LogP contribution in [0.5, 0.6) is 0 Å². The summed E-state index contributed by atoms with van der Waals surface area (Å²) in [5, 5.41) is 8.32. The highest BCUT2D eigenvalue weighted by Crippen LogP contribution is 2.29. The Bertz CT molecular complexity index is 1460. The number of hydrogen-bond acceptors (Lipinski definition) is 4. The molecule has 0 unspecified atom stereocenters. The lowest BCUT2D eigenvalue weighted by Gasteiger charge is -2.17. The molecule has 0 atom stereocenters. The van der Waals surface area contributed by atoms with Crippen LogP contribution in [0.3, 0.4) is 0 Å². The first kappa shape index (κ1) is 25.1. The summed E-state index contributed by atoms with van der Waals surface area (Å²) in [7, 11) is 0. The first-order chi connectivity index (χ1) is 17.1. The lowest BCUT2D eigenvalue weighted by molar-refractivity contribution is -0.123. The van der Waals surface area contributed by atoms with Gasteiger partial charge in [-0.05, 0) is 36.8 Å². The zero-order valence-electron chi connectivity index (χ0n) is 20.6. The van der Waals surface area contributed by atoms with Crippen LogP contribution in [0, 0.1) is 5.41 Å². The number of anilines is 1. The number of para-hydroxylation sites is 1. The van der Waals surface area contributed by atoms with Gasteiger partial charge in [0.2, 0.25) is 5.91 Å². The largest absolute Gasteiger partial charge is 0.326 e. The number of rotatable bonds is 5. The van der Waals surface area contributed by atoms with Crippen molar-refractivity contribution in [3.63, 3.8) is 0 Å². The van der Waals surface area contributed by atoms with E-state index < -0.39 is 5.41 Å². The van der Waals surface area contributed by atoms with E-state index >= 15 is 0 Å². The monoisotopic (exact) mass is 498 g/mol. The standard InChI is InChI=1S/C29H27ClN4O2/c1-18(19-13-15-21(16-14-19)31-28(36)29(2,3)4)33-34-27(35)23-17-25(20-9-6-5-7-10-20)32-26-22(23)11-8-12-24(26)30/h5-17H,1-4H3,(H,31,36)(H,34,35)/b33-18-. The Morgan fingerprint density at radius 3 is 2.28 bits per heavy atom. The van der Waals surface area contributed by atoms with E-state index in [2.05, 4.69) is 15.8 Å². The van der Waals surface area contributed by atoms with Gasteiger partial charge in [0, 0.05) is 22.1 Å². The molecule has 7 heteroatoms. The van der Waals surface area contributed by atoms with Gasteiger partial charge in [0.05, 0.1) is 27.5 Å². The summed E-state index contributed by atoms with van der Waals surface area (Å²) in [6.45, 7) is 7.39. The summed E-state index contributed by atoms with van der Waals surface area (Å²) in [4.78, 5) is 30.1. The highest BCUT2D eigenvalue weighted by molar-refractivity contribution is 6.35. The highest BCUT2D eigenvalue weighted by Gasteiger charge is 2.21. The van der Waals surface area contributed by atoms with Crippen LogP contribution < -0.4 is 10.7 Å². The van der Waals surface area contributed by atoms with Crippen molar-refractivity contribution < 1.29 is 9.59 Å². The van der Waals surface area contributed by atoms with Crippen LogP contribution in [0.4, 0.5) is 5.69 Å². The Kier molecular flexibility index (Phi) is 7.17. The average Bonchev–Trinajstić information content (AvgIpc) is 2.87. The van der Waals surface area contributed by atoms with Crippen LogP contribution in [0.25, 0.3) is 22.2 Å². The first-order valence-electron chi connectivity index (χ1n) is 11.5. The van der Waals surface area contributed by atoms with E-state index in [4.69, 9.17) is 16.6 Å². The second-order valence-corrected chi connectivity index (χ2v) is 9.88. The molecule has 0 aliphatic heterocycles. The topological polar surface area (TPSA) is 83.4 Å². The molecule has 182 valence electrons. The van der Waals surface area contributed by atoms with Crippen LogP contribution >= 0.6 is 11.6 Å². The van der Waals surface area contributed by atoms with Gasteiger partial charge in [-0.1, -0.05) is 87.0 Å². The van der Waals surface area contributed by atoms with E-state index in [0.717, 1.165) is 11.1 Å². The number of carbonyl (C=O) groups excluding carboxylic acids is 2. The smallest absolute Gasteiger partial charge is 0.272 e. The first-order valence-corrected chi connectivity index (χ1v) is 11.9. The predicted molar refractivity (Wildman–Crippen MR) is 146 cm³/mol. The maximum absolute atomic E-state index is 13.2. The van der Waals surface area contributed by atoms with Gasteiger partial charge in [0.25, 0.3) is 5.91 Å². The van der Waals surface area contributed by atoms with Crippen LogP contribution in [0.15, 0.2) is 84.0 Å². The fraction of sp³-hybridized carbons (Fsp3) is 0.172. The molecule has 4 aromatic rings. The molecule has 1 aromatic heterocycles. The number of nitrogens with one attached hydrogen (secondary N) is 2. The van der Waals surface area contributed by atoms with E-state index in [1.165, 1.54) is 0 Å². The summed E-state index contributed by atoms with van der Waals surface area (Å²) in [5.41, 5.74) is 6.83. The van der Waals surface area contributed by atoms with Gasteiger partial charge in [-0.25, -0.2) is 10.4 Å². The Hall–Kier alpha value is -4.03. The van der Waals surface area contributed by atoms with Gasteiger partial charge in [-0.15, -0.1) is 0 Å². The molecule has 0 aliphatic carbocycles. The Labute approximate surface area is 215 Å². The van der Waals surface area contributed by atoms with Crippen molar-refractivity contribution in [3.05, 3.63) is 95.0 Å². The maximum Gasteiger partial charge on any atom is 0.272 e. The van der Waals surface area contributed by atoms with Crippen molar-refractivity contribution in [2.45, 2.75) is 27.7 Å². The lowest BCUT2D eigenvalue weighted by Crippen LogP contribution is -2.27. The van der Waals surface area contributed by atoms with Gasteiger partial charge in [-0.3, -0.25) is 9.59 Å². The molecule has 2 amide bonds. The van der Waals surface area contributed by atoms with Crippen LogP contribution in [0.1, 0.15) is 43.6 Å². The average molecular weight is 499 g/mol. The molecule has 0 bridgehead atoms. The number of nitrogens with zero attached hydrogens (tertiary/aromatic N) is 2. The van der Waals surface area contributed by atoms with Gasteiger partial charge >= 0.3 is 0 Å². The maximum atomic E-state index is 13.2. The zero-order valence-corrected chi connectivity index (χ0v) is 21.4. The molecule has 4 rings (SSSR count). The second kappa shape index (κ2) is 10.3. The van der Waals surface area contributed by atoms with Crippen molar-refractivity contribution in [1.29, 1.82) is 0 Å². The van der Waals surface area contributed by atoms with E-state index in [9.17, 15) is 9.59 Å². The molecule has 0 saturated heterocycles. The van der Waals surface area contributed by atoms with Crippen molar-refractivity contribution in [1.82, 2.24) is 10.4 Å². The SMILES string of the molecule is C/C(=N/NC(=O)c1cc(-c2ccccc2)nc2c(Cl)cccc12)c1ccc(NC(=O)C(C)(C)C)cc1. The van der Waals surface area contributed by atoms with Gasteiger partial charge in [-0.2, -0.15) is 5.10 Å². The van der Waals surface area contributed by atoms with E-state index in [1.54, 1.807) is 25.1 Å². The highest BCUT2D eigenvalue weighted by atomic mass is 35.5. The Balaban J connectivity index is 1.58.